The number of rotatable bonds is 2. The molecule has 1 aliphatic carbocycles. The second-order valence-corrected chi connectivity index (χ2v) is 6.75. The fraction of sp³-hybridized carbons (Fsp3) is 0.150. The van der Waals surface area contributed by atoms with Crippen LogP contribution in [0.1, 0.15) is 17.2 Å². The van der Waals surface area contributed by atoms with Gasteiger partial charge >= 0.3 is 0 Å². The van der Waals surface area contributed by atoms with Crippen molar-refractivity contribution < 1.29 is 9.50 Å². The standard InChI is InChI=1S/C20H16FN5O/c21-15-6-5-13(9-16(15)27)18-17-19(22)23-10-24-20(17)26(25-18)14-7-11-3-1-2-4-12(11)8-14/h1-6,9-10,14,27H,7-8H2,(H2,22,23,24). The van der Waals surface area contributed by atoms with Crippen LogP contribution in [0.4, 0.5) is 10.2 Å². The van der Waals surface area contributed by atoms with E-state index in [0.717, 1.165) is 12.8 Å². The Morgan fingerprint density at radius 2 is 1.81 bits per heavy atom. The molecule has 0 saturated carbocycles. The molecule has 27 heavy (non-hydrogen) atoms. The molecule has 3 N–H and O–H groups in total. The summed E-state index contributed by atoms with van der Waals surface area (Å²) < 4.78 is 15.4. The molecule has 4 aromatic rings. The van der Waals surface area contributed by atoms with Gasteiger partial charge in [-0.3, -0.25) is 0 Å². The smallest absolute Gasteiger partial charge is 0.164 e. The van der Waals surface area contributed by atoms with E-state index in [9.17, 15) is 9.50 Å². The number of halogens is 1. The molecule has 0 amide bonds. The maximum Gasteiger partial charge on any atom is 0.164 e. The Bertz CT molecular complexity index is 1160. The number of nitrogens with zero attached hydrogens (tertiary/aromatic N) is 4. The van der Waals surface area contributed by atoms with Crippen molar-refractivity contribution >= 4 is 16.9 Å². The lowest BCUT2D eigenvalue weighted by Crippen LogP contribution is -2.11. The summed E-state index contributed by atoms with van der Waals surface area (Å²) in [6, 6.07) is 12.6. The average Bonchev–Trinajstić information content (AvgIpc) is 3.26. The van der Waals surface area contributed by atoms with Crippen LogP contribution in [0.5, 0.6) is 5.75 Å². The van der Waals surface area contributed by atoms with Crippen LogP contribution in [0.25, 0.3) is 22.3 Å². The van der Waals surface area contributed by atoms with Gasteiger partial charge in [-0.05, 0) is 42.2 Å². The molecule has 0 spiro atoms. The summed E-state index contributed by atoms with van der Waals surface area (Å²) in [4.78, 5) is 8.50. The van der Waals surface area contributed by atoms with Crippen LogP contribution in [0.15, 0.2) is 48.8 Å². The highest BCUT2D eigenvalue weighted by Gasteiger charge is 2.27. The Labute approximate surface area is 154 Å². The van der Waals surface area contributed by atoms with Crippen LogP contribution < -0.4 is 5.73 Å². The topological polar surface area (TPSA) is 89.8 Å². The molecule has 2 aromatic heterocycles. The summed E-state index contributed by atoms with van der Waals surface area (Å²) in [6.07, 6.45) is 3.12. The fourth-order valence-corrected chi connectivity index (χ4v) is 3.82. The number of fused-ring (bicyclic) bond motifs is 2. The van der Waals surface area contributed by atoms with Crippen LogP contribution in [-0.2, 0) is 12.8 Å². The molecule has 0 fully saturated rings. The molecule has 0 unspecified atom stereocenters. The summed E-state index contributed by atoms with van der Waals surface area (Å²) in [5.74, 6) is -0.808. The highest BCUT2D eigenvalue weighted by Crippen LogP contribution is 2.37. The zero-order chi connectivity index (χ0) is 18.5. The number of nitrogens with two attached hydrogens (primary N) is 1. The van der Waals surface area contributed by atoms with Crippen LogP contribution in [-0.4, -0.2) is 24.9 Å². The summed E-state index contributed by atoms with van der Waals surface area (Å²) in [5.41, 5.74) is 10.5. The lowest BCUT2D eigenvalue weighted by molar-refractivity contribution is 0.432. The minimum atomic E-state index is -0.682. The summed E-state index contributed by atoms with van der Waals surface area (Å²) >= 11 is 0. The van der Waals surface area contributed by atoms with Gasteiger partial charge in [0.15, 0.2) is 17.2 Å². The van der Waals surface area contributed by atoms with Crippen molar-refractivity contribution in [3.63, 3.8) is 0 Å². The molecule has 0 atom stereocenters. The van der Waals surface area contributed by atoms with E-state index in [1.807, 2.05) is 16.8 Å². The zero-order valence-corrected chi connectivity index (χ0v) is 14.3. The minimum absolute atomic E-state index is 0.113. The predicted octanol–water partition coefficient (Wildman–Crippen LogP) is 3.26. The van der Waals surface area contributed by atoms with Gasteiger partial charge in [-0.1, -0.05) is 24.3 Å². The number of phenolic OH excluding ortho intramolecular Hbond substituents is 1. The van der Waals surface area contributed by atoms with Gasteiger partial charge < -0.3 is 10.8 Å². The number of hydrogen-bond acceptors (Lipinski definition) is 5. The Morgan fingerprint density at radius 3 is 2.52 bits per heavy atom. The molecule has 2 aromatic carbocycles. The second-order valence-electron chi connectivity index (χ2n) is 6.75. The second kappa shape index (κ2) is 5.77. The quantitative estimate of drug-likeness (QED) is 0.572. The van der Waals surface area contributed by atoms with Gasteiger partial charge in [-0.25, -0.2) is 19.0 Å². The van der Waals surface area contributed by atoms with E-state index in [-0.39, 0.29) is 6.04 Å². The summed E-state index contributed by atoms with van der Waals surface area (Å²) in [5, 5.41) is 15.1. The van der Waals surface area contributed by atoms with Crippen molar-refractivity contribution in [2.45, 2.75) is 18.9 Å². The van der Waals surface area contributed by atoms with Crippen molar-refractivity contribution in [3.05, 3.63) is 65.7 Å². The van der Waals surface area contributed by atoms with Crippen LogP contribution >= 0.6 is 0 Å². The third-order valence-electron chi connectivity index (χ3n) is 5.11. The van der Waals surface area contributed by atoms with Gasteiger partial charge in [0.2, 0.25) is 0 Å². The number of aromatic nitrogens is 4. The van der Waals surface area contributed by atoms with E-state index >= 15 is 0 Å². The molecule has 7 heteroatoms. The molecule has 0 bridgehead atoms. The maximum atomic E-state index is 13.5. The molecule has 134 valence electrons. The molecule has 6 nitrogen and oxygen atoms in total. The van der Waals surface area contributed by atoms with Gasteiger partial charge in [-0.15, -0.1) is 0 Å². The largest absolute Gasteiger partial charge is 0.505 e. The monoisotopic (exact) mass is 361 g/mol. The van der Waals surface area contributed by atoms with Crippen molar-refractivity contribution in [1.82, 2.24) is 19.7 Å². The van der Waals surface area contributed by atoms with Crippen molar-refractivity contribution in [3.8, 4) is 17.0 Å². The number of benzene rings is 2. The van der Waals surface area contributed by atoms with Crippen molar-refractivity contribution in [2.75, 3.05) is 5.73 Å². The van der Waals surface area contributed by atoms with Crippen molar-refractivity contribution in [2.24, 2.45) is 0 Å². The first kappa shape index (κ1) is 15.7. The maximum absolute atomic E-state index is 13.5. The highest BCUT2D eigenvalue weighted by molar-refractivity contribution is 5.98. The molecule has 0 saturated heterocycles. The number of anilines is 1. The van der Waals surface area contributed by atoms with Gasteiger partial charge in [0.25, 0.3) is 0 Å². The van der Waals surface area contributed by atoms with Gasteiger partial charge in [-0.2, -0.15) is 5.10 Å². The molecule has 0 radical (unpaired) electrons. The molecular formula is C20H16FN5O. The van der Waals surface area contributed by atoms with E-state index < -0.39 is 11.6 Å². The van der Waals surface area contributed by atoms with Crippen molar-refractivity contribution in [1.29, 1.82) is 0 Å². The Balaban J connectivity index is 1.69. The predicted molar refractivity (Wildman–Crippen MR) is 99.7 cm³/mol. The van der Waals surface area contributed by atoms with Gasteiger partial charge in [0, 0.05) is 5.56 Å². The molecule has 5 rings (SSSR count). The average molecular weight is 361 g/mol. The zero-order valence-electron chi connectivity index (χ0n) is 14.3. The van der Waals surface area contributed by atoms with E-state index in [2.05, 4.69) is 22.1 Å². The van der Waals surface area contributed by atoms with Gasteiger partial charge in [0.1, 0.15) is 17.8 Å². The number of nitrogen functional groups attached to an aromatic ring is 1. The van der Waals surface area contributed by atoms with Gasteiger partial charge in [0.05, 0.1) is 11.4 Å². The number of hydrogen-bond donors (Lipinski definition) is 2. The third kappa shape index (κ3) is 2.43. The normalized spacial score (nSPS) is 14.0. The molecule has 2 heterocycles. The Hall–Kier alpha value is -3.48. The SMILES string of the molecule is Nc1ncnc2c1c(-c1ccc(F)c(O)c1)nn2C1Cc2ccccc2C1. The van der Waals surface area contributed by atoms with Crippen LogP contribution in [0.2, 0.25) is 0 Å². The lowest BCUT2D eigenvalue weighted by atomic mass is 10.1. The first-order chi connectivity index (χ1) is 13.1. The fourth-order valence-electron chi connectivity index (χ4n) is 3.82. The molecular weight excluding hydrogens is 345 g/mol. The summed E-state index contributed by atoms with van der Waals surface area (Å²) in [6.45, 7) is 0. The third-order valence-corrected chi connectivity index (χ3v) is 5.11. The molecule has 1 aliphatic rings. The molecule has 0 aliphatic heterocycles. The Kier molecular flexibility index (Phi) is 3.36. The van der Waals surface area contributed by atoms with E-state index in [1.54, 1.807) is 6.07 Å². The highest BCUT2D eigenvalue weighted by atomic mass is 19.1. The first-order valence-electron chi connectivity index (χ1n) is 8.66. The van der Waals surface area contributed by atoms with E-state index in [1.165, 1.54) is 29.6 Å². The van der Waals surface area contributed by atoms with Crippen LogP contribution in [0.3, 0.4) is 0 Å². The van der Waals surface area contributed by atoms with Crippen LogP contribution in [0, 0.1) is 5.82 Å². The van der Waals surface area contributed by atoms with E-state index in [4.69, 9.17) is 10.8 Å². The summed E-state index contributed by atoms with van der Waals surface area (Å²) in [7, 11) is 0. The van der Waals surface area contributed by atoms with E-state index in [0.29, 0.717) is 28.1 Å². The first-order valence-corrected chi connectivity index (χ1v) is 8.66. The Morgan fingerprint density at radius 1 is 1.07 bits per heavy atom. The lowest BCUT2D eigenvalue weighted by Gasteiger charge is -2.10. The number of phenols is 1. The minimum Gasteiger partial charge on any atom is -0.505 e. The number of aromatic hydroxyl groups is 1.